The van der Waals surface area contributed by atoms with Crippen molar-refractivity contribution in [1.29, 1.82) is 0 Å². The van der Waals surface area contributed by atoms with E-state index >= 15 is 0 Å². The molecule has 0 aliphatic carbocycles. The van der Waals surface area contributed by atoms with Crippen molar-refractivity contribution in [2.45, 2.75) is 20.5 Å². The van der Waals surface area contributed by atoms with Gasteiger partial charge in [-0.2, -0.15) is 0 Å². The summed E-state index contributed by atoms with van der Waals surface area (Å²) < 4.78 is 5.31. The van der Waals surface area contributed by atoms with Gasteiger partial charge >= 0.3 is 0 Å². The van der Waals surface area contributed by atoms with Crippen molar-refractivity contribution in [3.05, 3.63) is 42.2 Å². The highest BCUT2D eigenvalue weighted by atomic mass is 16.5. The van der Waals surface area contributed by atoms with Gasteiger partial charge in [0.1, 0.15) is 6.61 Å². The summed E-state index contributed by atoms with van der Waals surface area (Å²) in [7, 11) is 0. The van der Waals surface area contributed by atoms with E-state index in [0.29, 0.717) is 6.61 Å². The van der Waals surface area contributed by atoms with Crippen LogP contribution in [-0.2, 0) is 11.3 Å². The molecule has 0 radical (unpaired) electrons. The second-order valence-electron chi connectivity index (χ2n) is 3.22. The van der Waals surface area contributed by atoms with Gasteiger partial charge in [-0.1, -0.05) is 18.7 Å². The highest BCUT2D eigenvalue weighted by Crippen LogP contribution is 2.10. The lowest BCUT2D eigenvalue weighted by atomic mass is 10.2. The fraction of sp³-hybridized carbons (Fsp3) is 0.333. The molecule has 0 bridgehead atoms. The summed E-state index contributed by atoms with van der Waals surface area (Å²) in [6, 6.07) is 8.23. The van der Waals surface area contributed by atoms with Crippen LogP contribution in [0.3, 0.4) is 0 Å². The monoisotopic (exact) mass is 191 g/mol. The lowest BCUT2D eigenvalue weighted by Crippen LogP contribution is -1.96. The minimum Gasteiger partial charge on any atom is -0.494 e. The van der Waals surface area contributed by atoms with Crippen molar-refractivity contribution in [3.8, 4) is 0 Å². The number of hydrogen-bond donors (Lipinski definition) is 1. The lowest BCUT2D eigenvalue weighted by molar-refractivity contribution is 0.202. The molecule has 1 rings (SSSR count). The molecule has 1 aromatic carbocycles. The molecule has 76 valence electrons. The molecule has 0 atom stereocenters. The molecule has 0 aliphatic heterocycles. The number of hydrogen-bond acceptors (Lipinski definition) is 2. The molecule has 0 unspecified atom stereocenters. The molecule has 14 heavy (non-hydrogen) atoms. The zero-order valence-electron chi connectivity index (χ0n) is 8.84. The van der Waals surface area contributed by atoms with Crippen LogP contribution in [-0.4, -0.2) is 6.54 Å². The van der Waals surface area contributed by atoms with Crippen LogP contribution in [0.2, 0.25) is 0 Å². The van der Waals surface area contributed by atoms with Gasteiger partial charge in [-0.05, 0) is 31.5 Å². The summed E-state index contributed by atoms with van der Waals surface area (Å²) in [6.07, 6.45) is 0. The van der Waals surface area contributed by atoms with E-state index in [2.05, 4.69) is 43.1 Å². The van der Waals surface area contributed by atoms with Crippen LogP contribution in [0.4, 0.5) is 5.69 Å². The summed E-state index contributed by atoms with van der Waals surface area (Å²) in [5.74, 6) is 0.751. The fourth-order valence-electron chi connectivity index (χ4n) is 1.13. The van der Waals surface area contributed by atoms with E-state index in [4.69, 9.17) is 4.74 Å². The van der Waals surface area contributed by atoms with Crippen LogP contribution >= 0.6 is 0 Å². The predicted octanol–water partition coefficient (Wildman–Crippen LogP) is 3.17. The standard InChI is InChI=1S/C12H17NO/c1-4-13-12-7-5-11(6-8-12)9-14-10(2)3/h5-8,13H,2,4,9H2,1,3H3. The molecule has 0 fully saturated rings. The number of benzene rings is 1. The predicted molar refractivity (Wildman–Crippen MR) is 60.2 cm³/mol. The van der Waals surface area contributed by atoms with Crippen molar-refractivity contribution < 1.29 is 4.74 Å². The second kappa shape index (κ2) is 5.32. The molecule has 0 aromatic heterocycles. The average Bonchev–Trinajstić information content (AvgIpc) is 2.17. The van der Waals surface area contributed by atoms with E-state index in [1.54, 1.807) is 0 Å². The Kier molecular flexibility index (Phi) is 4.05. The third kappa shape index (κ3) is 3.52. The zero-order valence-corrected chi connectivity index (χ0v) is 8.84. The van der Waals surface area contributed by atoms with Crippen molar-refractivity contribution >= 4 is 5.69 Å². The fourth-order valence-corrected chi connectivity index (χ4v) is 1.13. The Morgan fingerprint density at radius 3 is 2.50 bits per heavy atom. The van der Waals surface area contributed by atoms with Crippen molar-refractivity contribution in [1.82, 2.24) is 0 Å². The van der Waals surface area contributed by atoms with Gasteiger partial charge in [0.15, 0.2) is 0 Å². The minimum absolute atomic E-state index is 0.599. The average molecular weight is 191 g/mol. The quantitative estimate of drug-likeness (QED) is 0.722. The maximum absolute atomic E-state index is 5.31. The zero-order chi connectivity index (χ0) is 10.4. The van der Waals surface area contributed by atoms with Crippen LogP contribution < -0.4 is 5.32 Å². The van der Waals surface area contributed by atoms with Gasteiger partial charge in [0, 0.05) is 12.2 Å². The molecule has 1 N–H and O–H groups in total. The molecular formula is C12H17NO. The van der Waals surface area contributed by atoms with Gasteiger partial charge in [0.05, 0.1) is 5.76 Å². The molecule has 0 heterocycles. The maximum atomic E-state index is 5.31. The van der Waals surface area contributed by atoms with Crippen molar-refractivity contribution in [3.63, 3.8) is 0 Å². The Labute approximate surface area is 85.6 Å². The van der Waals surface area contributed by atoms with Crippen molar-refractivity contribution in [2.24, 2.45) is 0 Å². The number of nitrogens with one attached hydrogen (secondary N) is 1. The van der Waals surface area contributed by atoms with E-state index < -0.39 is 0 Å². The summed E-state index contributed by atoms with van der Waals surface area (Å²) >= 11 is 0. The summed E-state index contributed by atoms with van der Waals surface area (Å²) in [4.78, 5) is 0. The normalized spacial score (nSPS) is 9.57. The van der Waals surface area contributed by atoms with Crippen LogP contribution in [0.15, 0.2) is 36.6 Å². The third-order valence-electron chi connectivity index (χ3n) is 1.82. The van der Waals surface area contributed by atoms with Gasteiger partial charge in [-0.25, -0.2) is 0 Å². The van der Waals surface area contributed by atoms with E-state index in [-0.39, 0.29) is 0 Å². The van der Waals surface area contributed by atoms with E-state index in [0.717, 1.165) is 23.6 Å². The van der Waals surface area contributed by atoms with Gasteiger partial charge < -0.3 is 10.1 Å². The first kappa shape index (κ1) is 10.6. The number of rotatable bonds is 5. The summed E-state index contributed by atoms with van der Waals surface area (Å²) in [5, 5.41) is 3.24. The summed E-state index contributed by atoms with van der Waals surface area (Å²) in [5.41, 5.74) is 2.31. The molecule has 0 saturated carbocycles. The Balaban J connectivity index is 2.50. The topological polar surface area (TPSA) is 21.3 Å². The molecule has 1 aromatic rings. The number of allylic oxidation sites excluding steroid dienone is 1. The molecule has 0 amide bonds. The highest BCUT2D eigenvalue weighted by molar-refractivity contribution is 5.44. The largest absolute Gasteiger partial charge is 0.494 e. The minimum atomic E-state index is 0.599. The SMILES string of the molecule is C=C(C)OCc1ccc(NCC)cc1. The van der Waals surface area contributed by atoms with E-state index in [1.807, 2.05) is 6.92 Å². The smallest absolute Gasteiger partial charge is 0.113 e. The third-order valence-corrected chi connectivity index (χ3v) is 1.82. The van der Waals surface area contributed by atoms with Crippen LogP contribution in [0.25, 0.3) is 0 Å². The Hall–Kier alpha value is -1.44. The molecule has 0 saturated heterocycles. The first-order valence-corrected chi connectivity index (χ1v) is 4.83. The lowest BCUT2D eigenvalue weighted by Gasteiger charge is -2.06. The Morgan fingerprint density at radius 1 is 1.36 bits per heavy atom. The first-order valence-electron chi connectivity index (χ1n) is 4.83. The second-order valence-corrected chi connectivity index (χ2v) is 3.22. The van der Waals surface area contributed by atoms with Gasteiger partial charge in [0.2, 0.25) is 0 Å². The van der Waals surface area contributed by atoms with Crippen LogP contribution in [0.5, 0.6) is 0 Å². The van der Waals surface area contributed by atoms with Crippen molar-refractivity contribution in [2.75, 3.05) is 11.9 Å². The van der Waals surface area contributed by atoms with E-state index in [9.17, 15) is 0 Å². The molecule has 2 nitrogen and oxygen atoms in total. The van der Waals surface area contributed by atoms with Gasteiger partial charge in [0.25, 0.3) is 0 Å². The Morgan fingerprint density at radius 2 is 2.00 bits per heavy atom. The van der Waals surface area contributed by atoms with Gasteiger partial charge in [-0.3, -0.25) is 0 Å². The molecule has 0 spiro atoms. The molecule has 0 aliphatic rings. The van der Waals surface area contributed by atoms with Crippen LogP contribution in [0.1, 0.15) is 19.4 Å². The number of ether oxygens (including phenoxy) is 1. The van der Waals surface area contributed by atoms with E-state index in [1.165, 1.54) is 0 Å². The highest BCUT2D eigenvalue weighted by Gasteiger charge is 1.94. The molecular weight excluding hydrogens is 174 g/mol. The first-order chi connectivity index (χ1) is 6.72. The van der Waals surface area contributed by atoms with Crippen LogP contribution in [0, 0.1) is 0 Å². The summed E-state index contributed by atoms with van der Waals surface area (Å²) in [6.45, 7) is 9.16. The number of anilines is 1. The Bertz CT molecular complexity index is 290. The molecule has 2 heteroatoms. The van der Waals surface area contributed by atoms with Gasteiger partial charge in [-0.15, -0.1) is 0 Å². The maximum Gasteiger partial charge on any atom is 0.113 e.